The van der Waals surface area contributed by atoms with Crippen molar-refractivity contribution in [1.82, 2.24) is 0 Å². The summed E-state index contributed by atoms with van der Waals surface area (Å²) in [5, 5.41) is 0. The van der Waals surface area contributed by atoms with Gasteiger partial charge in [-0.2, -0.15) is 0 Å². The second kappa shape index (κ2) is 8.92. The molecule has 0 spiro atoms. The summed E-state index contributed by atoms with van der Waals surface area (Å²) >= 11 is 1.61. The largest absolute Gasteiger partial charge is 0.516 e. The quantitative estimate of drug-likeness (QED) is 0.230. The van der Waals surface area contributed by atoms with Crippen molar-refractivity contribution in [2.75, 3.05) is 0 Å². The third-order valence-electron chi connectivity index (χ3n) is 3.40. The lowest BCUT2D eigenvalue weighted by molar-refractivity contribution is 0.471. The van der Waals surface area contributed by atoms with Crippen molar-refractivity contribution in [2.45, 2.75) is 16.7 Å². The van der Waals surface area contributed by atoms with Crippen LogP contribution in [0.5, 0.6) is 17.2 Å². The number of hydrogen-bond acceptors (Lipinski definition) is 3. The van der Waals surface area contributed by atoms with E-state index in [-0.39, 0.29) is 5.97 Å². The number of carbonyl (C=O) groups excluding carboxylic acids is 1. The first-order valence-corrected chi connectivity index (χ1v) is 9.02. The summed E-state index contributed by atoms with van der Waals surface area (Å²) in [4.78, 5) is 11.6. The lowest BCUT2D eigenvalue weighted by atomic mass is 10.3. The number of ether oxygens (including phenoxy) is 2. The Morgan fingerprint density at radius 2 is 1.54 bits per heavy atom. The molecule has 0 radical (unpaired) electrons. The van der Waals surface area contributed by atoms with Gasteiger partial charge < -0.3 is 9.53 Å². The first kappa shape index (κ1) is 17.8. The third kappa shape index (κ3) is 5.01. The molecule has 1 N–H and O–H groups in total. The van der Waals surface area contributed by atoms with Crippen molar-refractivity contribution >= 4 is 17.7 Å². The van der Waals surface area contributed by atoms with E-state index in [1.807, 2.05) is 85.8 Å². The van der Waals surface area contributed by atoms with Crippen LogP contribution in [0.3, 0.4) is 0 Å². The van der Waals surface area contributed by atoms with Gasteiger partial charge in [-0.25, -0.2) is 0 Å². The van der Waals surface area contributed by atoms with E-state index in [0.717, 1.165) is 21.3 Å². The van der Waals surface area contributed by atoms with Crippen molar-refractivity contribution < 1.29 is 14.3 Å². The number of esters is 1. The van der Waals surface area contributed by atoms with E-state index in [0.29, 0.717) is 5.75 Å². The molecule has 0 atom stereocenters. The van der Waals surface area contributed by atoms with E-state index < -0.39 is 0 Å². The predicted octanol–water partition coefficient (Wildman–Crippen LogP) is 6.09. The Bertz CT molecular complexity index is 887. The van der Waals surface area contributed by atoms with Crippen LogP contribution in [-0.4, -0.2) is 10.8 Å². The molecule has 3 rings (SSSR count). The summed E-state index contributed by atoms with van der Waals surface area (Å²) in [5.74, 6) is 2.07. The molecule has 26 heavy (non-hydrogen) atoms. The average Bonchev–Trinajstić information content (AvgIpc) is 2.66. The summed E-state index contributed by atoms with van der Waals surface area (Å²) in [5.41, 5.74) is 0. The van der Waals surface area contributed by atoms with E-state index in [1.54, 1.807) is 17.8 Å². The van der Waals surface area contributed by atoms with E-state index >= 15 is 0 Å². The lowest BCUT2D eigenvalue weighted by Gasteiger charge is -2.10. The molecule has 0 fully saturated rings. The Labute approximate surface area is 157 Å². The Kier molecular flexibility index (Phi) is 6.12. The zero-order valence-corrected chi connectivity index (χ0v) is 15.1. The molecule has 0 bridgehead atoms. The van der Waals surface area contributed by atoms with Crippen molar-refractivity contribution in [3.63, 3.8) is 0 Å². The first-order valence-electron chi connectivity index (χ1n) is 8.21. The molecule has 3 nitrogen and oxygen atoms in total. The molecule has 130 valence electrons. The molecule has 0 heterocycles. The fraction of sp³-hybridized carbons (Fsp3) is 0.0455. The Morgan fingerprint density at radius 1 is 0.846 bits per heavy atom. The van der Waals surface area contributed by atoms with Gasteiger partial charge in [0, 0.05) is 17.0 Å². The van der Waals surface area contributed by atoms with E-state index in [2.05, 4.69) is 0 Å². The minimum atomic E-state index is -0.130. The van der Waals surface area contributed by atoms with E-state index in [1.165, 1.54) is 6.08 Å². The van der Waals surface area contributed by atoms with Crippen LogP contribution in [0.25, 0.3) is 0 Å². The highest BCUT2D eigenvalue weighted by atomic mass is 32.2. The normalized spacial score (nSPS) is 10.7. The Balaban J connectivity index is 1.72. The number of para-hydroxylation sites is 2. The molecule has 0 saturated carbocycles. The molecule has 0 aromatic heterocycles. The van der Waals surface area contributed by atoms with Crippen LogP contribution in [0.15, 0.2) is 101 Å². The SMILES string of the molecule is C/C=C/C(=[OH+])Oc1ccc(Sc2ccccc2Oc2ccccc2)cc1. The molecule has 3 aromatic carbocycles. The van der Waals surface area contributed by atoms with Gasteiger partial charge in [-0.05, 0) is 43.3 Å². The minimum Gasteiger partial charge on any atom is -0.456 e. The maximum absolute atomic E-state index is 9.57. The highest BCUT2D eigenvalue weighted by Gasteiger charge is 2.11. The van der Waals surface area contributed by atoms with Gasteiger partial charge in [0.2, 0.25) is 5.75 Å². The minimum absolute atomic E-state index is 0.130. The summed E-state index contributed by atoms with van der Waals surface area (Å²) in [7, 11) is 0. The van der Waals surface area contributed by atoms with Crippen LogP contribution in [0.4, 0.5) is 0 Å². The molecule has 0 saturated heterocycles. The van der Waals surface area contributed by atoms with Crippen molar-refractivity contribution in [3.8, 4) is 17.2 Å². The van der Waals surface area contributed by atoms with E-state index in [9.17, 15) is 4.79 Å². The van der Waals surface area contributed by atoms with Gasteiger partial charge in [0.05, 0.1) is 11.0 Å². The highest BCUT2D eigenvalue weighted by molar-refractivity contribution is 7.99. The van der Waals surface area contributed by atoms with Crippen LogP contribution >= 0.6 is 11.8 Å². The van der Waals surface area contributed by atoms with Gasteiger partial charge in [0.25, 0.3) is 0 Å². The summed E-state index contributed by atoms with van der Waals surface area (Å²) in [6.45, 7) is 1.81. The summed E-state index contributed by atoms with van der Waals surface area (Å²) in [6, 6.07) is 25.2. The van der Waals surface area contributed by atoms with Gasteiger partial charge >= 0.3 is 5.97 Å². The van der Waals surface area contributed by atoms with Gasteiger partial charge in [-0.1, -0.05) is 48.2 Å². The predicted molar refractivity (Wildman–Crippen MR) is 106 cm³/mol. The smallest absolute Gasteiger partial charge is 0.456 e. The van der Waals surface area contributed by atoms with Gasteiger partial charge in [-0.3, -0.25) is 4.74 Å². The zero-order chi connectivity index (χ0) is 18.2. The second-order valence-corrected chi connectivity index (χ2v) is 6.49. The van der Waals surface area contributed by atoms with Crippen molar-refractivity contribution in [3.05, 3.63) is 91.0 Å². The third-order valence-corrected chi connectivity index (χ3v) is 4.47. The number of allylic oxidation sites excluding steroid dienone is 1. The number of rotatable bonds is 6. The Hall–Kier alpha value is -2.98. The molecule has 0 unspecified atom stereocenters. The summed E-state index contributed by atoms with van der Waals surface area (Å²) in [6.07, 6.45) is 3.21. The molecule has 0 amide bonds. The van der Waals surface area contributed by atoms with E-state index in [4.69, 9.17) is 9.47 Å². The Morgan fingerprint density at radius 3 is 2.27 bits per heavy atom. The van der Waals surface area contributed by atoms with Gasteiger partial charge in [-0.15, -0.1) is 0 Å². The van der Waals surface area contributed by atoms with Crippen molar-refractivity contribution in [2.24, 2.45) is 0 Å². The lowest BCUT2D eigenvalue weighted by Crippen LogP contribution is -2.03. The standard InChI is InChI=1S/C22H18O3S/c1-2-8-22(23)25-18-13-15-19(16-14-18)26-21-12-7-6-11-20(21)24-17-9-4-3-5-10-17/h2-16H,1H3/p+1/b8-2+. The molecular formula is C22H19O3S+. The van der Waals surface area contributed by atoms with Crippen LogP contribution in [0.1, 0.15) is 6.92 Å². The fourth-order valence-electron chi connectivity index (χ4n) is 2.23. The van der Waals surface area contributed by atoms with Crippen molar-refractivity contribution in [1.29, 1.82) is 0 Å². The maximum atomic E-state index is 9.57. The highest BCUT2D eigenvalue weighted by Crippen LogP contribution is 2.37. The topological polar surface area (TPSA) is 39.9 Å². The fourth-order valence-corrected chi connectivity index (χ4v) is 3.12. The molecule has 3 aromatic rings. The first-order chi connectivity index (χ1) is 12.7. The van der Waals surface area contributed by atoms with Gasteiger partial charge in [0.15, 0.2) is 0 Å². The number of benzene rings is 3. The van der Waals surface area contributed by atoms with Crippen LogP contribution in [-0.2, 0) is 0 Å². The summed E-state index contributed by atoms with van der Waals surface area (Å²) < 4.78 is 11.3. The van der Waals surface area contributed by atoms with Crippen LogP contribution < -0.4 is 9.47 Å². The molecule has 0 aliphatic heterocycles. The molecular weight excluding hydrogens is 344 g/mol. The van der Waals surface area contributed by atoms with Crippen LogP contribution in [0.2, 0.25) is 0 Å². The second-order valence-electron chi connectivity index (χ2n) is 5.38. The molecule has 0 aliphatic carbocycles. The molecule has 0 aliphatic rings. The monoisotopic (exact) mass is 363 g/mol. The zero-order valence-electron chi connectivity index (χ0n) is 14.3. The van der Waals surface area contributed by atoms with Crippen LogP contribution in [0, 0.1) is 0 Å². The number of hydrogen-bond donors (Lipinski definition) is 0. The molecule has 4 heteroatoms. The van der Waals surface area contributed by atoms with Gasteiger partial charge in [0.1, 0.15) is 11.5 Å². The maximum Gasteiger partial charge on any atom is 0.516 e. The average molecular weight is 363 g/mol.